The lowest BCUT2D eigenvalue weighted by molar-refractivity contribution is -0.112. The van der Waals surface area contributed by atoms with E-state index in [1.807, 2.05) is 7.05 Å². The van der Waals surface area contributed by atoms with E-state index in [2.05, 4.69) is 0 Å². The van der Waals surface area contributed by atoms with Gasteiger partial charge in [-0.05, 0) is 26.8 Å². The van der Waals surface area contributed by atoms with Gasteiger partial charge in [-0.25, -0.2) is 5.11 Å². The monoisotopic (exact) mass is 144 g/mol. The first-order valence-electron chi connectivity index (χ1n) is 3.71. The maximum absolute atomic E-state index is 10.9. The van der Waals surface area contributed by atoms with Gasteiger partial charge in [0.2, 0.25) is 0 Å². The Kier molecular flexibility index (Phi) is 2.65. The summed E-state index contributed by atoms with van der Waals surface area (Å²) in [7, 11) is 1.81. The lowest BCUT2D eigenvalue weighted by Gasteiger charge is -2.24. The summed E-state index contributed by atoms with van der Waals surface area (Å²) in [5, 5.41) is 10.9. The van der Waals surface area contributed by atoms with E-state index in [9.17, 15) is 5.11 Å². The molecule has 1 aliphatic heterocycles. The average molecular weight is 144 g/mol. The second-order valence-electron chi connectivity index (χ2n) is 2.73. The molecule has 0 aromatic rings. The van der Waals surface area contributed by atoms with E-state index in [1.165, 1.54) is 0 Å². The third-order valence-electron chi connectivity index (χ3n) is 1.93. The Hall–Kier alpha value is -0.120. The quantitative estimate of drug-likeness (QED) is 0.538. The van der Waals surface area contributed by atoms with Crippen molar-refractivity contribution < 1.29 is 9.84 Å². The van der Waals surface area contributed by atoms with Crippen molar-refractivity contribution in [3.63, 3.8) is 0 Å². The van der Waals surface area contributed by atoms with E-state index in [0.717, 1.165) is 19.4 Å². The van der Waals surface area contributed by atoms with Crippen LogP contribution in [0.15, 0.2) is 0 Å². The number of nitrogens with zero attached hydrogens (tertiary/aromatic N) is 1. The van der Waals surface area contributed by atoms with Gasteiger partial charge in [-0.3, -0.25) is 4.90 Å². The third-order valence-corrected chi connectivity index (χ3v) is 1.93. The molecule has 0 N–H and O–H groups in total. The largest absolute Gasteiger partial charge is 0.363 e. The summed E-state index contributed by atoms with van der Waals surface area (Å²) in [6, 6.07) is 0. The first-order chi connectivity index (χ1) is 4.72. The molecular formula is C7H14NO2. The summed E-state index contributed by atoms with van der Waals surface area (Å²) >= 11 is 0. The van der Waals surface area contributed by atoms with Crippen molar-refractivity contribution in [3.8, 4) is 0 Å². The van der Waals surface area contributed by atoms with Gasteiger partial charge in [-0.2, -0.15) is 0 Å². The molecule has 1 rings (SSSR count). The predicted molar refractivity (Wildman–Crippen MR) is 36.9 cm³/mol. The molecule has 2 unspecified atom stereocenters. The Balaban J connectivity index is 2.32. The molecule has 2 atom stereocenters. The molecule has 1 aliphatic rings. The Morgan fingerprint density at radius 1 is 1.70 bits per heavy atom. The second kappa shape index (κ2) is 3.32. The molecule has 3 nitrogen and oxygen atoms in total. The van der Waals surface area contributed by atoms with Crippen LogP contribution in [-0.4, -0.2) is 31.0 Å². The first kappa shape index (κ1) is 7.98. The Labute approximate surface area is 61.6 Å². The van der Waals surface area contributed by atoms with Crippen molar-refractivity contribution in [2.45, 2.75) is 32.2 Å². The van der Waals surface area contributed by atoms with Gasteiger partial charge in [-0.1, -0.05) is 0 Å². The van der Waals surface area contributed by atoms with Gasteiger partial charge in [-0.15, -0.1) is 0 Å². The van der Waals surface area contributed by atoms with Gasteiger partial charge < -0.3 is 4.74 Å². The zero-order valence-electron chi connectivity index (χ0n) is 6.54. The third kappa shape index (κ3) is 1.68. The van der Waals surface area contributed by atoms with E-state index < -0.39 is 6.23 Å². The van der Waals surface area contributed by atoms with Crippen LogP contribution in [0.25, 0.3) is 0 Å². The summed E-state index contributed by atoms with van der Waals surface area (Å²) in [5.41, 5.74) is 0. The lowest BCUT2D eigenvalue weighted by atomic mass is 10.3. The molecule has 0 amide bonds. The van der Waals surface area contributed by atoms with Crippen LogP contribution in [-0.2, 0) is 9.84 Å². The van der Waals surface area contributed by atoms with Crippen LogP contribution in [0.1, 0.15) is 19.8 Å². The Morgan fingerprint density at radius 3 is 2.80 bits per heavy atom. The van der Waals surface area contributed by atoms with E-state index in [-0.39, 0.29) is 6.23 Å². The predicted octanol–water partition coefficient (Wildman–Crippen LogP) is 0.831. The highest BCUT2D eigenvalue weighted by Gasteiger charge is 2.23. The second-order valence-corrected chi connectivity index (χ2v) is 2.73. The zero-order valence-corrected chi connectivity index (χ0v) is 6.54. The molecule has 1 saturated heterocycles. The minimum Gasteiger partial charge on any atom is -0.363 e. The normalized spacial score (nSPS) is 29.4. The number of hydrogen-bond donors (Lipinski definition) is 0. The zero-order chi connectivity index (χ0) is 7.56. The molecule has 10 heavy (non-hydrogen) atoms. The first-order valence-corrected chi connectivity index (χ1v) is 3.71. The van der Waals surface area contributed by atoms with Gasteiger partial charge in [0.1, 0.15) is 12.5 Å². The van der Waals surface area contributed by atoms with Crippen LogP contribution in [0.2, 0.25) is 0 Å². The molecule has 0 aliphatic carbocycles. The molecule has 0 aromatic carbocycles. The summed E-state index contributed by atoms with van der Waals surface area (Å²) in [4.78, 5) is 1.73. The van der Waals surface area contributed by atoms with Gasteiger partial charge in [0.15, 0.2) is 0 Å². The molecule has 1 radical (unpaired) electrons. The molecule has 0 bridgehead atoms. The molecule has 0 spiro atoms. The van der Waals surface area contributed by atoms with Crippen molar-refractivity contribution in [2.75, 3.05) is 13.7 Å². The fourth-order valence-electron chi connectivity index (χ4n) is 1.12. The Morgan fingerprint density at radius 2 is 2.40 bits per heavy atom. The topological polar surface area (TPSA) is 32.4 Å². The minimum atomic E-state index is -0.650. The van der Waals surface area contributed by atoms with Crippen LogP contribution in [0.5, 0.6) is 0 Å². The molecule has 59 valence electrons. The van der Waals surface area contributed by atoms with Crippen LogP contribution >= 0.6 is 0 Å². The fourth-order valence-corrected chi connectivity index (χ4v) is 1.12. The maximum atomic E-state index is 10.9. The van der Waals surface area contributed by atoms with Crippen molar-refractivity contribution in [1.29, 1.82) is 0 Å². The van der Waals surface area contributed by atoms with Crippen molar-refractivity contribution in [2.24, 2.45) is 0 Å². The summed E-state index contributed by atoms with van der Waals surface area (Å²) < 4.78 is 5.30. The summed E-state index contributed by atoms with van der Waals surface area (Å²) in [5.74, 6) is 0. The summed E-state index contributed by atoms with van der Waals surface area (Å²) in [6.45, 7) is 2.45. The minimum absolute atomic E-state index is 0.0764. The highest BCUT2D eigenvalue weighted by Crippen LogP contribution is 2.16. The molecular weight excluding hydrogens is 130 g/mol. The van der Waals surface area contributed by atoms with Gasteiger partial charge in [0, 0.05) is 6.61 Å². The molecule has 3 heteroatoms. The molecule has 0 aromatic heterocycles. The van der Waals surface area contributed by atoms with Crippen LogP contribution < -0.4 is 0 Å². The SMILES string of the molecule is CC([O])N(C)C1CCCO1. The van der Waals surface area contributed by atoms with Gasteiger partial charge in [0.25, 0.3) is 0 Å². The smallest absolute Gasteiger partial charge is 0.145 e. The highest BCUT2D eigenvalue weighted by molar-refractivity contribution is 4.64. The summed E-state index contributed by atoms with van der Waals surface area (Å²) in [6.07, 6.45) is 1.51. The molecule has 0 saturated carbocycles. The molecule has 1 heterocycles. The van der Waals surface area contributed by atoms with Gasteiger partial charge in [0.05, 0.1) is 0 Å². The number of hydrogen-bond acceptors (Lipinski definition) is 2. The average Bonchev–Trinajstić information content (AvgIpc) is 2.36. The van der Waals surface area contributed by atoms with Gasteiger partial charge >= 0.3 is 0 Å². The van der Waals surface area contributed by atoms with E-state index in [1.54, 1.807) is 11.8 Å². The van der Waals surface area contributed by atoms with E-state index in [4.69, 9.17) is 4.74 Å². The maximum Gasteiger partial charge on any atom is 0.145 e. The van der Waals surface area contributed by atoms with Crippen LogP contribution in [0, 0.1) is 0 Å². The van der Waals surface area contributed by atoms with Crippen LogP contribution in [0.4, 0.5) is 0 Å². The molecule has 1 fully saturated rings. The number of rotatable bonds is 2. The Bertz CT molecular complexity index is 99.8. The fraction of sp³-hybridized carbons (Fsp3) is 1.00. The lowest BCUT2D eigenvalue weighted by Crippen LogP contribution is -2.37. The van der Waals surface area contributed by atoms with E-state index in [0.29, 0.717) is 0 Å². The van der Waals surface area contributed by atoms with Crippen LogP contribution in [0.3, 0.4) is 0 Å². The standard InChI is InChI=1S/C7H14NO2/c1-6(9)8(2)7-4-3-5-10-7/h6-7H,3-5H2,1-2H3. The van der Waals surface area contributed by atoms with E-state index >= 15 is 0 Å². The highest BCUT2D eigenvalue weighted by atomic mass is 16.5. The van der Waals surface area contributed by atoms with Crippen molar-refractivity contribution in [1.82, 2.24) is 4.90 Å². The van der Waals surface area contributed by atoms with Crippen molar-refractivity contribution >= 4 is 0 Å². The number of ether oxygens (including phenoxy) is 1. The van der Waals surface area contributed by atoms with Crippen molar-refractivity contribution in [3.05, 3.63) is 0 Å².